The third-order valence-corrected chi connectivity index (χ3v) is 6.27. The summed E-state index contributed by atoms with van der Waals surface area (Å²) < 4.78 is 5.89. The van der Waals surface area contributed by atoms with Crippen molar-refractivity contribution < 1.29 is 9.53 Å². The summed E-state index contributed by atoms with van der Waals surface area (Å²) in [4.78, 5) is 19.4. The van der Waals surface area contributed by atoms with E-state index >= 15 is 0 Å². The number of aromatic nitrogens is 3. The molecule has 0 aliphatic heterocycles. The zero-order valence-electron chi connectivity index (χ0n) is 21.5. The van der Waals surface area contributed by atoms with Gasteiger partial charge in [-0.05, 0) is 88.1 Å². The second kappa shape index (κ2) is 12.4. The van der Waals surface area contributed by atoms with E-state index in [4.69, 9.17) is 9.72 Å². The number of anilines is 3. The average molecular weight is 517 g/mol. The molecule has 1 amide bonds. The maximum Gasteiger partial charge on any atom is 0.221 e. The maximum absolute atomic E-state index is 11.3. The first-order chi connectivity index (χ1) is 17.8. The number of aryl methyl sites for hydroxylation is 1. The van der Waals surface area contributed by atoms with E-state index < -0.39 is 0 Å². The number of amides is 1. The van der Waals surface area contributed by atoms with Crippen molar-refractivity contribution in [2.75, 3.05) is 37.9 Å². The number of ether oxygens (including phenoxy) is 1. The number of benzene rings is 2. The second-order valence-corrected chi connectivity index (χ2v) is 10.1. The summed E-state index contributed by atoms with van der Waals surface area (Å²) in [7, 11) is 4.12. The monoisotopic (exact) mass is 516 g/mol. The molecule has 0 radical (unpaired) electrons. The van der Waals surface area contributed by atoms with Gasteiger partial charge in [-0.3, -0.25) is 9.89 Å². The summed E-state index contributed by atoms with van der Waals surface area (Å²) in [6, 6.07) is 21.7. The van der Waals surface area contributed by atoms with E-state index in [2.05, 4.69) is 39.8 Å². The minimum atomic E-state index is -0.0935. The average Bonchev–Trinajstić information content (AvgIpc) is 3.27. The van der Waals surface area contributed by atoms with Gasteiger partial charge in [-0.1, -0.05) is 11.8 Å². The Morgan fingerprint density at radius 2 is 1.78 bits per heavy atom. The molecule has 192 valence electrons. The Balaban J connectivity index is 1.55. The number of H-pyrrole nitrogens is 1. The van der Waals surface area contributed by atoms with Gasteiger partial charge in [0, 0.05) is 47.1 Å². The lowest BCUT2D eigenvalue weighted by molar-refractivity contribution is -0.114. The lowest BCUT2D eigenvalue weighted by Crippen LogP contribution is -2.15. The van der Waals surface area contributed by atoms with Gasteiger partial charge in [-0.2, -0.15) is 5.10 Å². The Morgan fingerprint density at radius 3 is 2.43 bits per heavy atom. The fourth-order valence-corrected chi connectivity index (χ4v) is 4.47. The molecule has 2 aromatic carbocycles. The molecule has 4 rings (SSSR count). The number of nitrogens with one attached hydrogen (secondary N) is 3. The Hall–Kier alpha value is -3.82. The molecule has 0 atom stereocenters. The summed E-state index contributed by atoms with van der Waals surface area (Å²) in [5.74, 6) is 1.49. The van der Waals surface area contributed by atoms with Crippen LogP contribution in [0.5, 0.6) is 5.75 Å². The van der Waals surface area contributed by atoms with Gasteiger partial charge in [-0.25, -0.2) is 4.98 Å². The van der Waals surface area contributed by atoms with E-state index in [1.54, 1.807) is 11.8 Å². The quantitative estimate of drug-likeness (QED) is 0.212. The van der Waals surface area contributed by atoms with Crippen molar-refractivity contribution in [1.82, 2.24) is 20.1 Å². The van der Waals surface area contributed by atoms with Gasteiger partial charge < -0.3 is 20.3 Å². The normalized spacial score (nSPS) is 10.9. The smallest absolute Gasteiger partial charge is 0.221 e. The van der Waals surface area contributed by atoms with Crippen LogP contribution < -0.4 is 15.4 Å². The maximum atomic E-state index is 11.3. The molecule has 4 aromatic rings. The van der Waals surface area contributed by atoms with E-state index in [1.807, 2.05) is 73.7 Å². The third kappa shape index (κ3) is 8.09. The van der Waals surface area contributed by atoms with Gasteiger partial charge in [0.15, 0.2) is 5.82 Å². The highest BCUT2D eigenvalue weighted by Gasteiger charge is 2.10. The SMILES string of the molecule is CC(=O)Nc1ccc(Sc2cc(Nc3cc(C)[nH]n3)cc(-c3ccc(OCCCN(C)C)cc3)n2)cc1. The molecule has 0 aliphatic carbocycles. The minimum Gasteiger partial charge on any atom is -0.494 e. The van der Waals surface area contributed by atoms with Crippen molar-refractivity contribution in [3.63, 3.8) is 0 Å². The summed E-state index contributed by atoms with van der Waals surface area (Å²) >= 11 is 1.55. The lowest BCUT2D eigenvalue weighted by atomic mass is 10.1. The summed E-state index contributed by atoms with van der Waals surface area (Å²) in [6.07, 6.45) is 0.975. The number of pyridine rings is 1. The summed E-state index contributed by atoms with van der Waals surface area (Å²) in [6.45, 7) is 5.14. The third-order valence-electron chi connectivity index (χ3n) is 5.35. The molecule has 8 nitrogen and oxygen atoms in total. The molecule has 2 aromatic heterocycles. The molecule has 0 saturated carbocycles. The highest BCUT2D eigenvalue weighted by Crippen LogP contribution is 2.33. The number of carbonyl (C=O) groups excluding carboxylic acids is 1. The van der Waals surface area contributed by atoms with Crippen LogP contribution in [-0.4, -0.2) is 53.2 Å². The Bertz CT molecular complexity index is 1320. The number of hydrogen-bond donors (Lipinski definition) is 3. The molecule has 0 aliphatic rings. The molecule has 3 N–H and O–H groups in total. The van der Waals surface area contributed by atoms with E-state index in [1.165, 1.54) is 6.92 Å². The number of aromatic amines is 1. The fraction of sp³-hybridized carbons (Fsp3) is 0.250. The fourth-order valence-electron chi connectivity index (χ4n) is 3.63. The molecule has 0 spiro atoms. The van der Waals surface area contributed by atoms with Crippen LogP contribution in [0, 0.1) is 6.92 Å². The van der Waals surface area contributed by atoms with Crippen LogP contribution in [-0.2, 0) is 4.79 Å². The van der Waals surface area contributed by atoms with Crippen LogP contribution in [0.2, 0.25) is 0 Å². The van der Waals surface area contributed by atoms with Crippen molar-refractivity contribution >= 4 is 34.9 Å². The van der Waals surface area contributed by atoms with E-state index in [9.17, 15) is 4.79 Å². The largest absolute Gasteiger partial charge is 0.494 e. The van der Waals surface area contributed by atoms with Gasteiger partial charge in [0.2, 0.25) is 5.91 Å². The van der Waals surface area contributed by atoms with E-state index in [0.29, 0.717) is 6.61 Å². The first-order valence-corrected chi connectivity index (χ1v) is 12.9. The molecule has 0 bridgehead atoms. The molecule has 9 heteroatoms. The molecule has 0 saturated heterocycles. The first kappa shape index (κ1) is 26.2. The molecular weight excluding hydrogens is 484 g/mol. The lowest BCUT2D eigenvalue weighted by Gasteiger charge is -2.12. The van der Waals surface area contributed by atoms with Gasteiger partial charge >= 0.3 is 0 Å². The van der Waals surface area contributed by atoms with Crippen LogP contribution in [0.15, 0.2) is 76.7 Å². The Labute approximate surface area is 221 Å². The van der Waals surface area contributed by atoms with E-state index in [0.717, 1.165) is 62.8 Å². The van der Waals surface area contributed by atoms with Gasteiger partial charge in [0.1, 0.15) is 10.8 Å². The predicted octanol–water partition coefficient (Wildman–Crippen LogP) is 5.96. The molecule has 0 unspecified atom stereocenters. The van der Waals surface area contributed by atoms with Gasteiger partial charge in [0.05, 0.1) is 12.3 Å². The van der Waals surface area contributed by atoms with E-state index in [-0.39, 0.29) is 5.91 Å². The predicted molar refractivity (Wildman–Crippen MR) is 150 cm³/mol. The van der Waals surface area contributed by atoms with Crippen molar-refractivity contribution in [2.24, 2.45) is 0 Å². The van der Waals surface area contributed by atoms with Crippen LogP contribution in [0.25, 0.3) is 11.3 Å². The first-order valence-electron chi connectivity index (χ1n) is 12.1. The topological polar surface area (TPSA) is 95.2 Å². The zero-order valence-corrected chi connectivity index (χ0v) is 22.4. The Kier molecular flexibility index (Phi) is 8.81. The van der Waals surface area contributed by atoms with Crippen LogP contribution in [0.3, 0.4) is 0 Å². The van der Waals surface area contributed by atoms with Crippen LogP contribution in [0.4, 0.5) is 17.2 Å². The van der Waals surface area contributed by atoms with Crippen molar-refractivity contribution in [1.29, 1.82) is 0 Å². The number of nitrogens with zero attached hydrogens (tertiary/aromatic N) is 3. The van der Waals surface area contributed by atoms with Gasteiger partial charge in [-0.15, -0.1) is 0 Å². The van der Waals surface area contributed by atoms with Crippen molar-refractivity contribution in [3.05, 3.63) is 72.4 Å². The van der Waals surface area contributed by atoms with Crippen molar-refractivity contribution in [3.8, 4) is 17.0 Å². The van der Waals surface area contributed by atoms with Crippen LogP contribution in [0.1, 0.15) is 19.0 Å². The van der Waals surface area contributed by atoms with Crippen molar-refractivity contribution in [2.45, 2.75) is 30.2 Å². The summed E-state index contributed by atoms with van der Waals surface area (Å²) in [5.41, 5.74) is 4.46. The molecule has 0 fully saturated rings. The van der Waals surface area contributed by atoms with Gasteiger partial charge in [0.25, 0.3) is 0 Å². The van der Waals surface area contributed by atoms with Crippen LogP contribution >= 0.6 is 11.8 Å². The zero-order chi connectivity index (χ0) is 26.2. The highest BCUT2D eigenvalue weighted by molar-refractivity contribution is 7.99. The standard InChI is InChI=1S/C28H32N6O2S/c1-19-16-27(33-32-19)30-23-17-26(21-6-10-24(11-7-21)36-15-5-14-34(3)4)31-28(18-23)37-25-12-8-22(9-13-25)29-20(2)35/h6-13,16-18H,5,14-15H2,1-4H3,(H,29,35)(H2,30,31,32,33). The molecular formula is C28H32N6O2S. The number of carbonyl (C=O) groups is 1. The molecule has 2 heterocycles. The number of hydrogen-bond acceptors (Lipinski definition) is 7. The number of rotatable bonds is 11. The summed E-state index contributed by atoms with van der Waals surface area (Å²) in [5, 5.41) is 14.3. The highest BCUT2D eigenvalue weighted by atomic mass is 32.2. The minimum absolute atomic E-state index is 0.0935. The Morgan fingerprint density at radius 1 is 1.03 bits per heavy atom. The second-order valence-electron chi connectivity index (χ2n) is 8.98. The molecule has 37 heavy (non-hydrogen) atoms.